The zero-order chi connectivity index (χ0) is 11.3. The minimum atomic E-state index is 0.0992. The summed E-state index contributed by atoms with van der Waals surface area (Å²) in [6.45, 7) is 2.13. The van der Waals surface area contributed by atoms with E-state index in [4.69, 9.17) is 0 Å². The number of carbonyl (C=O) groups excluding carboxylic acids is 1. The highest BCUT2D eigenvalue weighted by Gasteiger charge is 2.08. The third-order valence-electron chi connectivity index (χ3n) is 2.37. The lowest BCUT2D eigenvalue weighted by atomic mass is 10.0. The quantitative estimate of drug-likeness (QED) is 0.658. The molecule has 2 nitrogen and oxygen atoms in total. The van der Waals surface area contributed by atoms with Crippen LogP contribution in [0.25, 0.3) is 0 Å². The summed E-state index contributed by atoms with van der Waals surface area (Å²) in [5.74, 6) is 0.0992. The van der Waals surface area contributed by atoms with E-state index in [2.05, 4.69) is 22.9 Å². The molecule has 0 heterocycles. The Kier molecular flexibility index (Phi) is 4.82. The maximum absolute atomic E-state index is 10.7. The molecule has 0 atom stereocenters. The van der Waals surface area contributed by atoms with E-state index < -0.39 is 0 Å². The molecular formula is C12H15BrO2. The maximum atomic E-state index is 10.7. The molecule has 0 radical (unpaired) electrons. The average molecular weight is 271 g/mol. The molecule has 0 spiro atoms. The Bertz CT molecular complexity index is 348. The van der Waals surface area contributed by atoms with Gasteiger partial charge in [0.25, 0.3) is 0 Å². The molecule has 0 aliphatic heterocycles. The zero-order valence-corrected chi connectivity index (χ0v) is 10.4. The number of hydrogen-bond acceptors (Lipinski definition) is 2. The summed E-state index contributed by atoms with van der Waals surface area (Å²) < 4.78 is 0. The Morgan fingerprint density at radius 3 is 2.73 bits per heavy atom. The van der Waals surface area contributed by atoms with Crippen molar-refractivity contribution >= 4 is 22.2 Å². The van der Waals surface area contributed by atoms with Crippen molar-refractivity contribution < 1.29 is 9.90 Å². The van der Waals surface area contributed by atoms with E-state index in [-0.39, 0.29) is 5.75 Å². The first-order chi connectivity index (χ1) is 7.22. The molecule has 1 aromatic rings. The first-order valence-electron chi connectivity index (χ1n) is 5.08. The van der Waals surface area contributed by atoms with Gasteiger partial charge in [-0.25, -0.2) is 0 Å². The minimum Gasteiger partial charge on any atom is -0.507 e. The summed E-state index contributed by atoms with van der Waals surface area (Å²) in [7, 11) is 0. The second kappa shape index (κ2) is 5.91. The van der Waals surface area contributed by atoms with Gasteiger partial charge in [-0.3, -0.25) is 4.79 Å². The van der Waals surface area contributed by atoms with Crippen LogP contribution in [-0.4, -0.2) is 11.4 Å². The lowest BCUT2D eigenvalue weighted by Crippen LogP contribution is -1.93. The Balaban J connectivity index is 3.03. The van der Waals surface area contributed by atoms with Gasteiger partial charge in [-0.15, -0.1) is 0 Å². The highest BCUT2D eigenvalue weighted by molar-refractivity contribution is 9.08. The molecule has 0 fully saturated rings. The third kappa shape index (κ3) is 3.06. The zero-order valence-electron chi connectivity index (χ0n) is 8.79. The van der Waals surface area contributed by atoms with Crippen LogP contribution in [0, 0.1) is 0 Å². The Hall–Kier alpha value is -0.830. The number of aldehydes is 1. The topological polar surface area (TPSA) is 37.3 Å². The lowest BCUT2D eigenvalue weighted by molar-refractivity contribution is 0.112. The van der Waals surface area contributed by atoms with Crippen molar-refractivity contribution in [2.75, 3.05) is 0 Å². The number of rotatable bonds is 5. The molecule has 3 heteroatoms. The number of alkyl halides is 1. The molecule has 82 valence electrons. The molecule has 0 saturated carbocycles. The van der Waals surface area contributed by atoms with Gasteiger partial charge >= 0.3 is 0 Å². The summed E-state index contributed by atoms with van der Waals surface area (Å²) in [6, 6.07) is 3.72. The third-order valence-corrected chi connectivity index (χ3v) is 2.97. The summed E-state index contributed by atoms with van der Waals surface area (Å²) in [5, 5.41) is 10.2. The van der Waals surface area contributed by atoms with Crippen LogP contribution in [0.4, 0.5) is 0 Å². The van der Waals surface area contributed by atoms with Gasteiger partial charge < -0.3 is 5.11 Å². The van der Waals surface area contributed by atoms with E-state index in [1.165, 1.54) is 0 Å². The molecule has 0 aliphatic carbocycles. The van der Waals surface area contributed by atoms with Crippen molar-refractivity contribution in [2.24, 2.45) is 0 Å². The first kappa shape index (κ1) is 12.2. The molecular weight excluding hydrogens is 256 g/mol. The molecule has 15 heavy (non-hydrogen) atoms. The van der Waals surface area contributed by atoms with Crippen molar-refractivity contribution in [2.45, 2.75) is 31.5 Å². The predicted octanol–water partition coefficient (Wildman–Crippen LogP) is 3.44. The van der Waals surface area contributed by atoms with E-state index in [1.807, 2.05) is 6.07 Å². The second-order valence-corrected chi connectivity index (χ2v) is 4.11. The molecule has 1 N–H and O–H groups in total. The number of benzene rings is 1. The summed E-state index contributed by atoms with van der Waals surface area (Å²) in [4.78, 5) is 10.7. The highest BCUT2D eigenvalue weighted by atomic mass is 79.9. The van der Waals surface area contributed by atoms with Gasteiger partial charge in [-0.2, -0.15) is 0 Å². The average Bonchev–Trinajstić information content (AvgIpc) is 2.27. The largest absolute Gasteiger partial charge is 0.507 e. The van der Waals surface area contributed by atoms with Crippen molar-refractivity contribution in [3.63, 3.8) is 0 Å². The number of carbonyl (C=O) groups is 1. The minimum absolute atomic E-state index is 0.0992. The van der Waals surface area contributed by atoms with Gasteiger partial charge in [0.2, 0.25) is 0 Å². The Labute approximate surface area is 98.4 Å². The predicted molar refractivity (Wildman–Crippen MR) is 64.7 cm³/mol. The molecule has 0 amide bonds. The number of hydrogen-bond donors (Lipinski definition) is 1. The summed E-state index contributed by atoms with van der Waals surface area (Å²) in [6.07, 6.45) is 3.89. The van der Waals surface area contributed by atoms with Crippen LogP contribution < -0.4 is 0 Å². The van der Waals surface area contributed by atoms with Crippen molar-refractivity contribution in [1.82, 2.24) is 0 Å². The van der Waals surface area contributed by atoms with Crippen LogP contribution >= 0.6 is 15.9 Å². The monoisotopic (exact) mass is 270 g/mol. The van der Waals surface area contributed by atoms with Gasteiger partial charge in [-0.1, -0.05) is 35.3 Å². The normalized spacial score (nSPS) is 10.3. The molecule has 1 rings (SSSR count). The SMILES string of the molecule is CCCCc1cc(C=O)c(O)c(CBr)c1. The van der Waals surface area contributed by atoms with Crippen LogP contribution in [0.15, 0.2) is 12.1 Å². The van der Waals surface area contributed by atoms with E-state index >= 15 is 0 Å². The lowest BCUT2D eigenvalue weighted by Gasteiger charge is -2.07. The van der Waals surface area contributed by atoms with Gasteiger partial charge in [0, 0.05) is 10.9 Å². The van der Waals surface area contributed by atoms with Crippen molar-refractivity contribution in [3.8, 4) is 5.75 Å². The van der Waals surface area contributed by atoms with Crippen LogP contribution in [0.1, 0.15) is 41.3 Å². The van der Waals surface area contributed by atoms with E-state index in [0.29, 0.717) is 17.2 Å². The molecule has 1 aromatic carbocycles. The smallest absolute Gasteiger partial charge is 0.153 e. The fraction of sp³-hybridized carbons (Fsp3) is 0.417. The van der Waals surface area contributed by atoms with Gasteiger partial charge in [0.1, 0.15) is 5.75 Å². The van der Waals surface area contributed by atoms with Crippen molar-refractivity contribution in [1.29, 1.82) is 0 Å². The molecule has 0 saturated heterocycles. The van der Waals surface area contributed by atoms with Crippen LogP contribution in [0.5, 0.6) is 5.75 Å². The second-order valence-electron chi connectivity index (χ2n) is 3.55. The van der Waals surface area contributed by atoms with Crippen molar-refractivity contribution in [3.05, 3.63) is 28.8 Å². The number of phenolic OH excluding ortho intramolecular Hbond substituents is 1. The van der Waals surface area contributed by atoms with Gasteiger partial charge in [-0.05, 0) is 24.5 Å². The van der Waals surface area contributed by atoms with Crippen LogP contribution in [0.3, 0.4) is 0 Å². The molecule has 0 aromatic heterocycles. The molecule has 0 bridgehead atoms. The number of aromatic hydroxyl groups is 1. The first-order valence-corrected chi connectivity index (χ1v) is 6.21. The Morgan fingerprint density at radius 1 is 1.47 bits per heavy atom. The fourth-order valence-electron chi connectivity index (χ4n) is 1.50. The maximum Gasteiger partial charge on any atom is 0.153 e. The number of unbranched alkanes of at least 4 members (excludes halogenated alkanes) is 1. The number of phenols is 1. The van der Waals surface area contributed by atoms with Crippen LogP contribution in [0.2, 0.25) is 0 Å². The van der Waals surface area contributed by atoms with Gasteiger partial charge in [0.05, 0.1) is 5.56 Å². The van der Waals surface area contributed by atoms with E-state index in [9.17, 15) is 9.90 Å². The fourth-order valence-corrected chi connectivity index (χ4v) is 1.93. The molecule has 0 unspecified atom stereocenters. The van der Waals surface area contributed by atoms with Crippen LogP contribution in [-0.2, 0) is 11.8 Å². The number of aryl methyl sites for hydroxylation is 1. The summed E-state index contributed by atoms with van der Waals surface area (Å²) >= 11 is 3.30. The highest BCUT2D eigenvalue weighted by Crippen LogP contribution is 2.26. The van der Waals surface area contributed by atoms with E-state index in [0.717, 1.165) is 30.4 Å². The van der Waals surface area contributed by atoms with E-state index in [1.54, 1.807) is 6.07 Å². The number of halogens is 1. The van der Waals surface area contributed by atoms with Gasteiger partial charge in [0.15, 0.2) is 6.29 Å². The standard InChI is InChI=1S/C12H15BrO2/c1-2-3-4-9-5-10(7-13)12(15)11(6-9)8-14/h5-6,8,15H,2-4,7H2,1H3. The molecule has 0 aliphatic rings. The summed E-state index contributed by atoms with van der Waals surface area (Å²) in [5.41, 5.74) is 2.29. The Morgan fingerprint density at radius 2 is 2.20 bits per heavy atom.